The average molecular weight is 460 g/mol. The first-order valence-corrected chi connectivity index (χ1v) is 9.55. The highest BCUT2D eigenvalue weighted by atomic mass is 19.3. The third kappa shape index (κ3) is 4.51. The van der Waals surface area contributed by atoms with Crippen LogP contribution in [0.3, 0.4) is 0 Å². The van der Waals surface area contributed by atoms with Gasteiger partial charge in [-0.25, -0.2) is 22.2 Å². The third-order valence-corrected chi connectivity index (χ3v) is 4.94. The smallest absolute Gasteiger partial charge is 0.273 e. The largest absolute Gasteiger partial charge is 0.487 e. The summed E-state index contributed by atoms with van der Waals surface area (Å²) in [4.78, 5) is 8.03. The zero-order chi connectivity index (χ0) is 23.4. The molecule has 4 aromatic rings. The van der Waals surface area contributed by atoms with E-state index in [4.69, 9.17) is 4.74 Å². The molecule has 0 aliphatic carbocycles. The topological polar surface area (TPSA) is 98.8 Å². The lowest BCUT2D eigenvalue weighted by atomic mass is 9.84. The molecule has 0 fully saturated rings. The second-order valence-corrected chi connectivity index (χ2v) is 7.01. The molecule has 1 aromatic carbocycles. The Balaban J connectivity index is 1.71. The van der Waals surface area contributed by atoms with Crippen LogP contribution >= 0.6 is 0 Å². The van der Waals surface area contributed by atoms with Crippen LogP contribution in [0.25, 0.3) is 0 Å². The van der Waals surface area contributed by atoms with Crippen molar-refractivity contribution in [3.63, 3.8) is 0 Å². The molecule has 0 amide bonds. The summed E-state index contributed by atoms with van der Waals surface area (Å²) in [6, 6.07) is 6.47. The van der Waals surface area contributed by atoms with Crippen molar-refractivity contribution in [2.45, 2.75) is 24.7 Å². The van der Waals surface area contributed by atoms with E-state index in [9.17, 15) is 22.7 Å². The van der Waals surface area contributed by atoms with Gasteiger partial charge in [0.15, 0.2) is 5.60 Å². The van der Waals surface area contributed by atoms with Gasteiger partial charge >= 0.3 is 0 Å². The first-order valence-electron chi connectivity index (χ1n) is 9.55. The summed E-state index contributed by atoms with van der Waals surface area (Å²) in [5.41, 5.74) is -3.27. The lowest BCUT2D eigenvalue weighted by molar-refractivity contribution is -0.131. The average Bonchev–Trinajstić information content (AvgIpc) is 3.33. The lowest BCUT2D eigenvalue weighted by Crippen LogP contribution is -2.45. The van der Waals surface area contributed by atoms with Gasteiger partial charge in [0, 0.05) is 24.0 Å². The summed E-state index contributed by atoms with van der Waals surface area (Å²) in [7, 11) is 0. The summed E-state index contributed by atoms with van der Waals surface area (Å²) in [6.07, 6.45) is 1.94. The van der Waals surface area contributed by atoms with E-state index in [1.54, 1.807) is 24.5 Å². The maximum Gasteiger partial charge on any atom is 0.273 e. The van der Waals surface area contributed by atoms with E-state index in [0.29, 0.717) is 11.8 Å². The van der Waals surface area contributed by atoms with E-state index in [1.807, 2.05) is 0 Å². The number of aliphatic hydroxyl groups is 1. The zero-order valence-corrected chi connectivity index (χ0v) is 16.8. The van der Waals surface area contributed by atoms with Gasteiger partial charge in [-0.15, -0.1) is 5.10 Å². The summed E-state index contributed by atoms with van der Waals surface area (Å²) >= 11 is 0. The number of pyridine rings is 2. The molecule has 0 aliphatic rings. The molecule has 8 nitrogen and oxygen atoms in total. The molecule has 3 heterocycles. The van der Waals surface area contributed by atoms with Gasteiger partial charge < -0.3 is 9.84 Å². The van der Waals surface area contributed by atoms with Crippen LogP contribution in [0.15, 0.2) is 67.4 Å². The minimum Gasteiger partial charge on any atom is -0.487 e. The molecular formula is C21H16F4N6O2. The summed E-state index contributed by atoms with van der Waals surface area (Å²) in [5, 5.41) is 21.6. The number of hydrogen-bond donors (Lipinski definition) is 1. The highest BCUT2D eigenvalue weighted by Gasteiger charge is 2.52. The normalized spacial score (nSPS) is 14.1. The van der Waals surface area contributed by atoms with Gasteiger partial charge in [0.1, 0.15) is 36.4 Å². The molecule has 0 saturated carbocycles. The number of alkyl halides is 2. The first kappa shape index (κ1) is 22.3. The molecule has 0 bridgehead atoms. The summed E-state index contributed by atoms with van der Waals surface area (Å²) in [5.74, 6) is -2.02. The molecule has 1 N–H and O–H groups in total. The molecule has 4 rings (SSSR count). The van der Waals surface area contributed by atoms with Crippen LogP contribution < -0.4 is 4.74 Å². The van der Waals surface area contributed by atoms with Crippen molar-refractivity contribution in [2.75, 3.05) is 0 Å². The summed E-state index contributed by atoms with van der Waals surface area (Å²) < 4.78 is 63.0. The standard InChI is InChI=1S/C21H16F4N6O2/c22-14-1-3-16(17(23)9-14)21(32,20(24)25)19(31-12-28-29-30-31)18-4-2-15(10-27-18)33-11-13-5-7-26-8-6-13/h1-10,12,19-20,32H,11H2. The van der Waals surface area contributed by atoms with Crippen molar-refractivity contribution in [3.05, 3.63) is 95.8 Å². The first-order chi connectivity index (χ1) is 15.9. The monoisotopic (exact) mass is 460 g/mol. The van der Waals surface area contributed by atoms with E-state index in [0.717, 1.165) is 28.7 Å². The number of aromatic nitrogens is 6. The van der Waals surface area contributed by atoms with Crippen LogP contribution in [0, 0.1) is 11.6 Å². The molecule has 2 unspecified atom stereocenters. The number of hydrogen-bond acceptors (Lipinski definition) is 7. The van der Waals surface area contributed by atoms with E-state index >= 15 is 0 Å². The number of nitrogens with zero attached hydrogens (tertiary/aromatic N) is 6. The highest BCUT2D eigenvalue weighted by molar-refractivity contribution is 5.32. The van der Waals surface area contributed by atoms with Crippen LogP contribution in [0.4, 0.5) is 17.6 Å². The predicted molar refractivity (Wildman–Crippen MR) is 105 cm³/mol. The second-order valence-electron chi connectivity index (χ2n) is 7.01. The van der Waals surface area contributed by atoms with Crippen molar-refractivity contribution in [1.82, 2.24) is 30.2 Å². The SMILES string of the molecule is OC(c1ccc(F)cc1F)(C(F)F)C(c1ccc(OCc2ccncc2)cn1)n1cnnn1. The number of ether oxygens (including phenoxy) is 1. The number of tetrazole rings is 1. The molecule has 0 radical (unpaired) electrons. The highest BCUT2D eigenvalue weighted by Crippen LogP contribution is 2.43. The molecule has 0 spiro atoms. The van der Waals surface area contributed by atoms with Crippen molar-refractivity contribution < 1.29 is 27.4 Å². The molecule has 0 saturated heterocycles. The fourth-order valence-corrected chi connectivity index (χ4v) is 3.33. The van der Waals surface area contributed by atoms with Crippen molar-refractivity contribution in [3.8, 4) is 5.75 Å². The Hall–Kier alpha value is -3.93. The van der Waals surface area contributed by atoms with E-state index in [-0.39, 0.29) is 12.3 Å². The van der Waals surface area contributed by atoms with Crippen LogP contribution in [0.1, 0.15) is 22.9 Å². The minimum atomic E-state index is -3.52. The molecule has 3 aromatic heterocycles. The molecular weight excluding hydrogens is 444 g/mol. The Morgan fingerprint density at radius 3 is 2.45 bits per heavy atom. The van der Waals surface area contributed by atoms with Crippen molar-refractivity contribution >= 4 is 0 Å². The number of benzene rings is 1. The maximum atomic E-state index is 14.5. The Bertz CT molecular complexity index is 1200. The Labute approximate surface area is 184 Å². The summed E-state index contributed by atoms with van der Waals surface area (Å²) in [6.45, 7) is 0.210. The fourth-order valence-electron chi connectivity index (χ4n) is 3.33. The van der Waals surface area contributed by atoms with Crippen LogP contribution in [0.2, 0.25) is 0 Å². The van der Waals surface area contributed by atoms with E-state index < -0.39 is 35.3 Å². The zero-order valence-electron chi connectivity index (χ0n) is 16.8. The predicted octanol–water partition coefficient (Wildman–Crippen LogP) is 3.06. The Morgan fingerprint density at radius 1 is 1.06 bits per heavy atom. The van der Waals surface area contributed by atoms with Gasteiger partial charge in [0.05, 0.1) is 11.9 Å². The van der Waals surface area contributed by atoms with E-state index in [2.05, 4.69) is 25.5 Å². The minimum absolute atomic E-state index is 0.106. The Morgan fingerprint density at radius 2 is 1.85 bits per heavy atom. The lowest BCUT2D eigenvalue weighted by Gasteiger charge is -2.35. The van der Waals surface area contributed by atoms with Gasteiger partial charge in [-0.3, -0.25) is 9.97 Å². The molecule has 2 atom stereocenters. The quantitative estimate of drug-likeness (QED) is 0.404. The van der Waals surface area contributed by atoms with Crippen molar-refractivity contribution in [1.29, 1.82) is 0 Å². The van der Waals surface area contributed by atoms with Gasteiger partial charge in [-0.1, -0.05) is 0 Å². The van der Waals surface area contributed by atoms with Crippen LogP contribution in [0.5, 0.6) is 5.75 Å². The maximum absolute atomic E-state index is 14.5. The third-order valence-electron chi connectivity index (χ3n) is 4.94. The molecule has 0 aliphatic heterocycles. The van der Waals surface area contributed by atoms with Gasteiger partial charge in [0.25, 0.3) is 6.43 Å². The van der Waals surface area contributed by atoms with E-state index in [1.165, 1.54) is 18.3 Å². The van der Waals surface area contributed by atoms with Crippen LogP contribution in [-0.2, 0) is 12.2 Å². The van der Waals surface area contributed by atoms with Gasteiger partial charge in [-0.05, 0) is 52.4 Å². The molecule has 170 valence electrons. The van der Waals surface area contributed by atoms with Gasteiger partial charge in [-0.2, -0.15) is 0 Å². The second kappa shape index (κ2) is 9.28. The fraction of sp³-hybridized carbons (Fsp3) is 0.190. The number of rotatable bonds is 8. The number of halogens is 4. The molecule has 33 heavy (non-hydrogen) atoms. The van der Waals surface area contributed by atoms with Crippen LogP contribution in [-0.4, -0.2) is 41.7 Å². The Kier molecular flexibility index (Phi) is 6.27. The molecule has 12 heteroatoms. The van der Waals surface area contributed by atoms with Crippen molar-refractivity contribution in [2.24, 2.45) is 0 Å². The van der Waals surface area contributed by atoms with Gasteiger partial charge in [0.2, 0.25) is 0 Å².